The maximum Gasteiger partial charge on any atom is 0.321 e. The molecule has 26 heavy (non-hydrogen) atoms. The van der Waals surface area contributed by atoms with Gasteiger partial charge in [0.05, 0.1) is 7.11 Å². The van der Waals surface area contributed by atoms with E-state index < -0.39 is 18.0 Å². The van der Waals surface area contributed by atoms with Gasteiger partial charge in [0.15, 0.2) is 0 Å². The van der Waals surface area contributed by atoms with Gasteiger partial charge in [0, 0.05) is 18.7 Å². The molecule has 2 rings (SSSR count). The second-order valence-corrected chi connectivity index (χ2v) is 6.05. The van der Waals surface area contributed by atoms with Crippen molar-refractivity contribution in [3.8, 4) is 5.75 Å². The van der Waals surface area contributed by atoms with Crippen molar-refractivity contribution in [3.63, 3.8) is 0 Å². The van der Waals surface area contributed by atoms with Crippen LogP contribution in [-0.2, 0) is 4.79 Å². The van der Waals surface area contributed by atoms with E-state index in [1.807, 2.05) is 62.4 Å². The van der Waals surface area contributed by atoms with Crippen LogP contribution in [0.4, 0.5) is 4.79 Å². The van der Waals surface area contributed by atoms with Crippen molar-refractivity contribution in [2.24, 2.45) is 0 Å². The molecule has 3 amide bonds. The number of methoxy groups -OCH3 is 1. The number of hydrogen-bond acceptors (Lipinski definition) is 4. The molecule has 0 saturated carbocycles. The molecule has 2 atom stereocenters. The summed E-state index contributed by atoms with van der Waals surface area (Å²) in [6.07, 6.45) is 0. The Bertz CT molecular complexity index is 762. The molecular formula is C20H25N3O3. The zero-order valence-electron chi connectivity index (χ0n) is 15.5. The predicted octanol–water partition coefficient (Wildman–Crippen LogP) is 2.85. The van der Waals surface area contributed by atoms with Crippen LogP contribution in [0.25, 0.3) is 0 Å². The molecule has 0 spiro atoms. The van der Waals surface area contributed by atoms with Gasteiger partial charge in [-0.05, 0) is 25.5 Å². The van der Waals surface area contributed by atoms with E-state index in [9.17, 15) is 9.59 Å². The fraction of sp³-hybridized carbons (Fsp3) is 0.300. The molecule has 0 aliphatic carbocycles. The number of rotatable bonds is 6. The summed E-state index contributed by atoms with van der Waals surface area (Å²) < 4.78 is 5.45. The Morgan fingerprint density at radius 2 is 1.77 bits per heavy atom. The van der Waals surface area contributed by atoms with Crippen molar-refractivity contribution in [2.45, 2.75) is 25.9 Å². The number of benzene rings is 2. The average molecular weight is 355 g/mol. The van der Waals surface area contributed by atoms with Gasteiger partial charge in [0.25, 0.3) is 0 Å². The number of urea groups is 1. The van der Waals surface area contributed by atoms with E-state index in [2.05, 4.69) is 16.0 Å². The fourth-order valence-electron chi connectivity index (χ4n) is 2.75. The van der Waals surface area contributed by atoms with Crippen LogP contribution in [0.1, 0.15) is 35.7 Å². The van der Waals surface area contributed by atoms with Crippen molar-refractivity contribution >= 4 is 11.9 Å². The topological polar surface area (TPSA) is 79.5 Å². The first-order valence-corrected chi connectivity index (χ1v) is 8.44. The fourth-order valence-corrected chi connectivity index (χ4v) is 2.75. The molecular weight excluding hydrogens is 330 g/mol. The lowest BCUT2D eigenvalue weighted by molar-refractivity contribution is -0.122. The van der Waals surface area contributed by atoms with E-state index in [-0.39, 0.29) is 6.04 Å². The van der Waals surface area contributed by atoms with Crippen LogP contribution < -0.4 is 20.7 Å². The molecule has 3 N–H and O–H groups in total. The summed E-state index contributed by atoms with van der Waals surface area (Å²) >= 11 is 0. The summed E-state index contributed by atoms with van der Waals surface area (Å²) in [6, 6.07) is 13.8. The highest BCUT2D eigenvalue weighted by molar-refractivity contribution is 5.97. The van der Waals surface area contributed by atoms with Crippen LogP contribution >= 0.6 is 0 Å². The Labute approximate surface area is 153 Å². The summed E-state index contributed by atoms with van der Waals surface area (Å²) in [6.45, 7) is 3.96. The molecule has 0 aromatic heterocycles. The Balaban J connectivity index is 2.30. The number of imide groups is 1. The SMILES string of the molecule is CNC(=O)NC(=O)[C@@H](N[C@H](C)c1cc(C)ccc1OC)c1ccccc1. The second kappa shape index (κ2) is 9.01. The molecule has 0 aliphatic heterocycles. The third-order valence-corrected chi connectivity index (χ3v) is 4.13. The highest BCUT2D eigenvalue weighted by Crippen LogP contribution is 2.28. The smallest absolute Gasteiger partial charge is 0.321 e. The molecule has 0 fully saturated rings. The van der Waals surface area contributed by atoms with E-state index in [0.29, 0.717) is 0 Å². The molecule has 0 saturated heterocycles. The minimum absolute atomic E-state index is 0.175. The average Bonchev–Trinajstić information content (AvgIpc) is 2.66. The molecule has 0 radical (unpaired) electrons. The quantitative estimate of drug-likeness (QED) is 0.744. The minimum atomic E-state index is -0.686. The summed E-state index contributed by atoms with van der Waals surface area (Å²) in [5, 5.41) is 8.05. The zero-order chi connectivity index (χ0) is 19.1. The van der Waals surface area contributed by atoms with Crippen molar-refractivity contribution in [1.82, 2.24) is 16.0 Å². The van der Waals surface area contributed by atoms with Crippen LogP contribution in [0, 0.1) is 6.92 Å². The number of hydrogen-bond donors (Lipinski definition) is 3. The number of carbonyl (C=O) groups excluding carboxylic acids is 2. The predicted molar refractivity (Wildman–Crippen MR) is 101 cm³/mol. The normalized spacial score (nSPS) is 12.8. The molecule has 6 nitrogen and oxygen atoms in total. The molecule has 0 bridgehead atoms. The van der Waals surface area contributed by atoms with E-state index in [1.54, 1.807) is 7.11 Å². The van der Waals surface area contributed by atoms with Gasteiger partial charge >= 0.3 is 6.03 Å². The summed E-state index contributed by atoms with van der Waals surface area (Å²) in [7, 11) is 3.08. The van der Waals surface area contributed by atoms with Gasteiger partial charge in [-0.3, -0.25) is 15.4 Å². The maximum absolute atomic E-state index is 12.6. The van der Waals surface area contributed by atoms with Gasteiger partial charge in [-0.15, -0.1) is 0 Å². The van der Waals surface area contributed by atoms with Gasteiger partial charge in [0.1, 0.15) is 11.8 Å². The van der Waals surface area contributed by atoms with Crippen LogP contribution in [0.3, 0.4) is 0 Å². The van der Waals surface area contributed by atoms with Gasteiger partial charge in [0.2, 0.25) is 5.91 Å². The lowest BCUT2D eigenvalue weighted by atomic mass is 10.0. The lowest BCUT2D eigenvalue weighted by Crippen LogP contribution is -2.44. The Morgan fingerprint density at radius 1 is 1.08 bits per heavy atom. The van der Waals surface area contributed by atoms with Crippen LogP contribution in [0.15, 0.2) is 48.5 Å². The second-order valence-electron chi connectivity index (χ2n) is 6.05. The first-order valence-electron chi connectivity index (χ1n) is 8.44. The molecule has 6 heteroatoms. The van der Waals surface area contributed by atoms with Gasteiger partial charge in [-0.1, -0.05) is 48.0 Å². The van der Waals surface area contributed by atoms with Gasteiger partial charge in [-0.2, -0.15) is 0 Å². The number of nitrogens with one attached hydrogen (secondary N) is 3. The van der Waals surface area contributed by atoms with Gasteiger partial charge in [-0.25, -0.2) is 4.79 Å². The third kappa shape index (κ3) is 4.83. The van der Waals surface area contributed by atoms with E-state index in [1.165, 1.54) is 7.05 Å². The minimum Gasteiger partial charge on any atom is -0.496 e. The van der Waals surface area contributed by atoms with Crippen molar-refractivity contribution < 1.29 is 14.3 Å². The summed E-state index contributed by atoms with van der Waals surface area (Å²) in [5.41, 5.74) is 2.81. The van der Waals surface area contributed by atoms with Crippen LogP contribution in [0.5, 0.6) is 5.75 Å². The molecule has 2 aromatic rings. The van der Waals surface area contributed by atoms with E-state index in [0.717, 1.165) is 22.4 Å². The summed E-state index contributed by atoms with van der Waals surface area (Å²) in [5.74, 6) is 0.322. The molecule has 2 aromatic carbocycles. The monoisotopic (exact) mass is 355 g/mol. The standard InChI is InChI=1S/C20H25N3O3/c1-13-10-11-17(26-4)16(12-13)14(2)22-18(15-8-6-5-7-9-15)19(24)23-20(25)21-3/h5-12,14,18,22H,1-4H3,(H2,21,23,24,25)/t14-,18+/m1/s1. The van der Waals surface area contributed by atoms with E-state index >= 15 is 0 Å². The molecule has 138 valence electrons. The van der Waals surface area contributed by atoms with E-state index in [4.69, 9.17) is 4.74 Å². The van der Waals surface area contributed by atoms with Crippen molar-refractivity contribution in [3.05, 3.63) is 65.2 Å². The van der Waals surface area contributed by atoms with Crippen molar-refractivity contribution in [2.75, 3.05) is 14.2 Å². The maximum atomic E-state index is 12.6. The zero-order valence-corrected chi connectivity index (χ0v) is 15.5. The first-order chi connectivity index (χ1) is 12.5. The number of amides is 3. The van der Waals surface area contributed by atoms with Gasteiger partial charge < -0.3 is 10.1 Å². The molecule has 0 unspecified atom stereocenters. The largest absolute Gasteiger partial charge is 0.496 e. The highest BCUT2D eigenvalue weighted by Gasteiger charge is 2.25. The lowest BCUT2D eigenvalue weighted by Gasteiger charge is -2.24. The third-order valence-electron chi connectivity index (χ3n) is 4.13. The first kappa shape index (κ1) is 19.5. The Kier molecular flexibility index (Phi) is 6.74. The summed E-state index contributed by atoms with van der Waals surface area (Å²) in [4.78, 5) is 24.2. The highest BCUT2D eigenvalue weighted by atomic mass is 16.5. The van der Waals surface area contributed by atoms with Crippen LogP contribution in [0.2, 0.25) is 0 Å². The Morgan fingerprint density at radius 3 is 2.38 bits per heavy atom. The van der Waals surface area contributed by atoms with Crippen molar-refractivity contribution in [1.29, 1.82) is 0 Å². The number of aryl methyl sites for hydroxylation is 1. The number of ether oxygens (including phenoxy) is 1. The molecule has 0 heterocycles. The Hall–Kier alpha value is -2.86. The van der Waals surface area contributed by atoms with Crippen LogP contribution in [-0.4, -0.2) is 26.1 Å². The number of carbonyl (C=O) groups is 2. The molecule has 0 aliphatic rings.